The number of rotatable bonds is 4. The van der Waals surface area contributed by atoms with Gasteiger partial charge in [-0.1, -0.05) is 91.0 Å². The van der Waals surface area contributed by atoms with Crippen molar-refractivity contribution in [1.82, 2.24) is 15.0 Å². The summed E-state index contributed by atoms with van der Waals surface area (Å²) in [5.41, 5.74) is 2.92. The van der Waals surface area contributed by atoms with Gasteiger partial charge in [-0.15, -0.1) is 0 Å². The van der Waals surface area contributed by atoms with Gasteiger partial charge in [-0.3, -0.25) is 9.59 Å². The average Bonchev–Trinajstić information content (AvgIpc) is 3.45. The minimum absolute atomic E-state index is 0.00518. The maximum atomic E-state index is 13.6. The SMILES string of the molecule is CC1(C)C(=O)N(c2nc(-c3ccccc3)nc(-c3cccc4c3oc3c(-c5ccccc5)cccc34)n2)C(=O)C1(C)C. The van der Waals surface area contributed by atoms with Crippen LogP contribution in [0.2, 0.25) is 0 Å². The lowest BCUT2D eigenvalue weighted by molar-refractivity contribution is -0.129. The average molecular weight is 553 g/mol. The molecule has 0 saturated carbocycles. The van der Waals surface area contributed by atoms with Crippen LogP contribution >= 0.6 is 0 Å². The molecule has 2 aromatic heterocycles. The Morgan fingerprint density at radius 2 is 1.05 bits per heavy atom. The summed E-state index contributed by atoms with van der Waals surface area (Å²) >= 11 is 0. The Balaban J connectivity index is 1.48. The van der Waals surface area contributed by atoms with Crippen molar-refractivity contribution in [3.05, 3.63) is 97.1 Å². The largest absolute Gasteiger partial charge is 0.455 e. The molecule has 0 radical (unpaired) electrons. The number of benzene rings is 4. The number of fused-ring (bicyclic) bond motifs is 3. The third kappa shape index (κ3) is 3.70. The molecule has 7 nitrogen and oxygen atoms in total. The molecule has 4 aromatic carbocycles. The molecule has 7 rings (SSSR count). The van der Waals surface area contributed by atoms with Crippen molar-refractivity contribution in [2.24, 2.45) is 10.8 Å². The second-order valence-corrected chi connectivity index (χ2v) is 11.7. The molecule has 3 heterocycles. The summed E-state index contributed by atoms with van der Waals surface area (Å²) in [6.45, 7) is 7.14. The molecule has 0 aliphatic carbocycles. The molecule has 1 aliphatic heterocycles. The molecule has 6 aromatic rings. The summed E-state index contributed by atoms with van der Waals surface area (Å²) in [6.07, 6.45) is 0. The maximum Gasteiger partial charge on any atom is 0.243 e. The smallest absolute Gasteiger partial charge is 0.243 e. The summed E-state index contributed by atoms with van der Waals surface area (Å²) in [5.74, 6) is -0.0125. The van der Waals surface area contributed by atoms with Crippen LogP contribution in [-0.4, -0.2) is 26.8 Å². The van der Waals surface area contributed by atoms with Crippen LogP contribution in [0.1, 0.15) is 27.7 Å². The third-order valence-corrected chi connectivity index (χ3v) is 8.74. The van der Waals surface area contributed by atoms with Crippen molar-refractivity contribution >= 4 is 39.7 Å². The molecule has 0 unspecified atom stereocenters. The van der Waals surface area contributed by atoms with Gasteiger partial charge in [0.05, 0.1) is 16.4 Å². The minimum Gasteiger partial charge on any atom is -0.455 e. The number of anilines is 1. The lowest BCUT2D eigenvalue weighted by atomic mass is 9.70. The lowest BCUT2D eigenvalue weighted by Gasteiger charge is -2.28. The summed E-state index contributed by atoms with van der Waals surface area (Å²) in [5, 5.41) is 1.89. The molecular weight excluding hydrogens is 524 g/mol. The van der Waals surface area contributed by atoms with Crippen LogP contribution in [0.3, 0.4) is 0 Å². The van der Waals surface area contributed by atoms with E-state index in [-0.39, 0.29) is 17.8 Å². The Bertz CT molecular complexity index is 2000. The summed E-state index contributed by atoms with van der Waals surface area (Å²) in [7, 11) is 0. The van der Waals surface area contributed by atoms with Gasteiger partial charge in [0.2, 0.25) is 17.8 Å². The van der Waals surface area contributed by atoms with Crippen molar-refractivity contribution in [1.29, 1.82) is 0 Å². The number of aromatic nitrogens is 3. The molecule has 0 N–H and O–H groups in total. The van der Waals surface area contributed by atoms with E-state index >= 15 is 0 Å². The van der Waals surface area contributed by atoms with Crippen LogP contribution in [0.25, 0.3) is 55.8 Å². The van der Waals surface area contributed by atoms with Crippen LogP contribution in [-0.2, 0) is 9.59 Å². The lowest BCUT2D eigenvalue weighted by Crippen LogP contribution is -2.35. The van der Waals surface area contributed by atoms with E-state index in [1.807, 2.05) is 84.9 Å². The fourth-order valence-corrected chi connectivity index (χ4v) is 5.51. The highest BCUT2D eigenvalue weighted by Crippen LogP contribution is 2.48. The fraction of sp³-hybridized carbons (Fsp3) is 0.171. The fourth-order valence-electron chi connectivity index (χ4n) is 5.51. The maximum absolute atomic E-state index is 13.6. The first-order valence-electron chi connectivity index (χ1n) is 13.9. The number of carbonyl (C=O) groups excluding carboxylic acids is 2. The van der Waals surface area contributed by atoms with Crippen molar-refractivity contribution in [2.75, 3.05) is 4.90 Å². The predicted octanol–water partition coefficient (Wildman–Crippen LogP) is 7.70. The normalized spacial score (nSPS) is 16.0. The van der Waals surface area contributed by atoms with Gasteiger partial charge in [0.25, 0.3) is 0 Å². The Morgan fingerprint density at radius 1 is 0.548 bits per heavy atom. The van der Waals surface area contributed by atoms with E-state index < -0.39 is 10.8 Å². The highest BCUT2D eigenvalue weighted by Gasteiger charge is 2.60. The van der Waals surface area contributed by atoms with Gasteiger partial charge in [-0.2, -0.15) is 9.97 Å². The summed E-state index contributed by atoms with van der Waals surface area (Å²) in [4.78, 5) is 42.6. The van der Waals surface area contributed by atoms with Crippen molar-refractivity contribution < 1.29 is 14.0 Å². The van der Waals surface area contributed by atoms with Crippen LogP contribution in [0.4, 0.5) is 5.95 Å². The first-order chi connectivity index (χ1) is 20.2. The summed E-state index contributed by atoms with van der Waals surface area (Å²) in [6, 6.07) is 31.5. The van der Waals surface area contributed by atoms with Gasteiger partial charge in [0.1, 0.15) is 11.2 Å². The zero-order valence-corrected chi connectivity index (χ0v) is 23.8. The zero-order valence-electron chi connectivity index (χ0n) is 23.8. The number of hydrogen-bond acceptors (Lipinski definition) is 6. The van der Waals surface area contributed by atoms with E-state index in [2.05, 4.69) is 17.1 Å². The number of carbonyl (C=O) groups is 2. The topological polar surface area (TPSA) is 89.2 Å². The quantitative estimate of drug-likeness (QED) is 0.208. The standard InChI is InChI=1S/C35H28N4O3/c1-34(2)31(40)39(32(41)35(34,3)4)33-37-29(22-15-9-6-10-16-22)36-30(38-33)26-20-12-19-25-24-18-11-17-23(27(24)42-28(25)26)21-13-7-5-8-14-21/h5-20H,1-4H3. The van der Waals surface area contributed by atoms with E-state index in [0.29, 0.717) is 22.8 Å². The second kappa shape index (κ2) is 9.17. The van der Waals surface area contributed by atoms with Gasteiger partial charge in [0.15, 0.2) is 11.6 Å². The zero-order chi connectivity index (χ0) is 29.2. The van der Waals surface area contributed by atoms with Crippen LogP contribution in [0.15, 0.2) is 101 Å². The molecule has 0 bridgehead atoms. The van der Waals surface area contributed by atoms with Gasteiger partial charge in [-0.25, -0.2) is 9.88 Å². The molecule has 0 atom stereocenters. The Morgan fingerprint density at radius 3 is 1.64 bits per heavy atom. The molecule has 7 heteroatoms. The second-order valence-electron chi connectivity index (χ2n) is 11.7. The molecule has 1 fully saturated rings. The van der Waals surface area contributed by atoms with E-state index in [1.165, 1.54) is 0 Å². The van der Waals surface area contributed by atoms with Crippen LogP contribution < -0.4 is 4.90 Å². The number of nitrogens with zero attached hydrogens (tertiary/aromatic N) is 4. The number of amides is 2. The van der Waals surface area contributed by atoms with E-state index in [4.69, 9.17) is 14.4 Å². The highest BCUT2D eigenvalue weighted by atomic mass is 16.3. The van der Waals surface area contributed by atoms with Crippen LogP contribution in [0.5, 0.6) is 0 Å². The van der Waals surface area contributed by atoms with Gasteiger partial charge in [-0.05, 0) is 39.3 Å². The summed E-state index contributed by atoms with van der Waals surface area (Å²) < 4.78 is 6.60. The number of furan rings is 1. The van der Waals surface area contributed by atoms with E-state index in [0.717, 1.165) is 37.9 Å². The van der Waals surface area contributed by atoms with E-state index in [1.54, 1.807) is 27.7 Å². The van der Waals surface area contributed by atoms with Crippen molar-refractivity contribution in [2.45, 2.75) is 27.7 Å². The Hall–Kier alpha value is -5.17. The predicted molar refractivity (Wildman–Crippen MR) is 163 cm³/mol. The van der Waals surface area contributed by atoms with Crippen molar-refractivity contribution in [3.8, 4) is 33.9 Å². The first-order valence-corrected chi connectivity index (χ1v) is 13.9. The van der Waals surface area contributed by atoms with Gasteiger partial charge >= 0.3 is 0 Å². The van der Waals surface area contributed by atoms with Gasteiger partial charge < -0.3 is 4.42 Å². The molecule has 2 amide bonds. The molecule has 1 saturated heterocycles. The highest BCUT2D eigenvalue weighted by molar-refractivity contribution is 6.24. The molecule has 0 spiro atoms. The van der Waals surface area contributed by atoms with Crippen molar-refractivity contribution in [3.63, 3.8) is 0 Å². The molecular formula is C35H28N4O3. The first kappa shape index (κ1) is 25.8. The number of para-hydroxylation sites is 2. The molecule has 1 aliphatic rings. The van der Waals surface area contributed by atoms with Gasteiger partial charge in [0, 0.05) is 21.9 Å². The molecule has 206 valence electrons. The monoisotopic (exact) mass is 552 g/mol. The Labute approximate surface area is 242 Å². The minimum atomic E-state index is -0.934. The van der Waals surface area contributed by atoms with E-state index in [9.17, 15) is 9.59 Å². The third-order valence-electron chi connectivity index (χ3n) is 8.74. The number of imide groups is 1. The van der Waals surface area contributed by atoms with Crippen LogP contribution in [0, 0.1) is 10.8 Å². The molecule has 42 heavy (non-hydrogen) atoms. The number of hydrogen-bond donors (Lipinski definition) is 0. The Kier molecular flexibility index (Phi) is 5.63.